The third kappa shape index (κ3) is 7.15. The second-order valence-corrected chi connectivity index (χ2v) is 8.62. The first-order valence-corrected chi connectivity index (χ1v) is 12.4. The molecule has 8 nitrogen and oxygen atoms in total. The molecule has 0 heterocycles. The highest BCUT2D eigenvalue weighted by molar-refractivity contribution is 5.95. The van der Waals surface area contributed by atoms with Crippen LogP contribution in [0.2, 0.25) is 0 Å². The first kappa shape index (κ1) is 31.4. The van der Waals surface area contributed by atoms with Gasteiger partial charge in [0, 0.05) is 16.7 Å². The van der Waals surface area contributed by atoms with Crippen molar-refractivity contribution in [1.82, 2.24) is 0 Å². The summed E-state index contributed by atoms with van der Waals surface area (Å²) in [5.74, 6) is -1.01. The summed E-state index contributed by atoms with van der Waals surface area (Å²) in [7, 11) is 5.48. The number of aliphatic hydroxyl groups is 1. The lowest BCUT2D eigenvalue weighted by Gasteiger charge is -2.11. The Labute approximate surface area is 241 Å². The number of halogens is 2. The van der Waals surface area contributed by atoms with Crippen molar-refractivity contribution in [1.29, 1.82) is 0 Å². The Morgan fingerprint density at radius 3 is 1.60 bits per heavy atom. The molecule has 4 aromatic carbocycles. The number of methoxy groups -OCH3 is 4. The van der Waals surface area contributed by atoms with E-state index < -0.39 is 23.6 Å². The molecule has 0 radical (unpaired) electrons. The van der Waals surface area contributed by atoms with Crippen LogP contribution >= 0.6 is 0 Å². The van der Waals surface area contributed by atoms with E-state index in [1.165, 1.54) is 89.1 Å². The number of hydrogen-bond donors (Lipinski definition) is 1. The largest absolute Gasteiger partial charge is 0.497 e. The van der Waals surface area contributed by atoms with Gasteiger partial charge in [-0.2, -0.15) is 0 Å². The Hall–Kier alpha value is -5.09. The van der Waals surface area contributed by atoms with Crippen LogP contribution in [0.1, 0.15) is 36.6 Å². The maximum atomic E-state index is 14.0. The molecule has 0 amide bonds. The number of benzene rings is 4. The Balaban J connectivity index is 0.000000230. The zero-order valence-electron chi connectivity index (χ0n) is 23.3. The molecule has 4 aromatic rings. The normalized spacial score (nSPS) is 10.2. The predicted octanol–water partition coefficient (Wildman–Crippen LogP) is 5.88. The third-order valence-corrected chi connectivity index (χ3v) is 6.22. The lowest BCUT2D eigenvalue weighted by molar-refractivity contribution is 0.0591. The molecular weight excluding hydrogens is 550 g/mol. The monoisotopic (exact) mass is 578 g/mol. The van der Waals surface area contributed by atoms with Crippen molar-refractivity contribution >= 4 is 18.2 Å². The molecule has 0 aromatic heterocycles. The molecule has 0 spiro atoms. The second-order valence-electron chi connectivity index (χ2n) is 8.62. The number of aliphatic hydroxyl groups excluding tert-OH is 1. The van der Waals surface area contributed by atoms with E-state index in [4.69, 9.17) is 9.47 Å². The third-order valence-electron chi connectivity index (χ3n) is 6.22. The quantitative estimate of drug-likeness (QED) is 0.204. The first-order valence-electron chi connectivity index (χ1n) is 12.4. The van der Waals surface area contributed by atoms with Crippen molar-refractivity contribution < 1.29 is 47.2 Å². The maximum Gasteiger partial charge on any atom is 0.337 e. The topological polar surface area (TPSA) is 108 Å². The van der Waals surface area contributed by atoms with Crippen LogP contribution in [0.25, 0.3) is 22.3 Å². The van der Waals surface area contributed by atoms with Gasteiger partial charge >= 0.3 is 11.9 Å². The maximum absolute atomic E-state index is 14.0. The van der Waals surface area contributed by atoms with Crippen LogP contribution in [0.15, 0.2) is 72.8 Å². The molecule has 10 heteroatoms. The van der Waals surface area contributed by atoms with Gasteiger partial charge < -0.3 is 24.1 Å². The molecule has 0 aliphatic heterocycles. The molecule has 4 rings (SSSR count). The molecule has 0 saturated heterocycles. The molecule has 0 fully saturated rings. The number of ether oxygens (including phenoxy) is 4. The molecule has 0 atom stereocenters. The van der Waals surface area contributed by atoms with Crippen molar-refractivity contribution in [2.75, 3.05) is 28.4 Å². The molecule has 0 bridgehead atoms. The highest BCUT2D eigenvalue weighted by atomic mass is 19.1. The van der Waals surface area contributed by atoms with Gasteiger partial charge in [-0.25, -0.2) is 18.4 Å². The lowest BCUT2D eigenvalue weighted by Crippen LogP contribution is -2.03. The SMILES string of the molecule is COC(=O)c1ccc(-c2cc(OC)ccc2F)c(C=O)c1.COC(=O)c1ccc(-c2cc(OC)ccc2F)c(CO)c1. The van der Waals surface area contributed by atoms with Crippen molar-refractivity contribution in [3.8, 4) is 33.8 Å². The molecule has 42 heavy (non-hydrogen) atoms. The van der Waals surface area contributed by atoms with E-state index in [0.29, 0.717) is 45.6 Å². The standard InChI is InChI=1S/C16H15FO4.C16H13FO4/c2*1-20-12-4-6-15(17)14(8-12)13-5-3-10(16(19)21-2)7-11(13)9-18/h3-8,18H,9H2,1-2H3;3-9H,1-2H3. The minimum atomic E-state index is -0.559. The Morgan fingerprint density at radius 2 is 1.14 bits per heavy atom. The molecule has 0 saturated carbocycles. The van der Waals surface area contributed by atoms with Gasteiger partial charge in [0.2, 0.25) is 0 Å². The van der Waals surface area contributed by atoms with Crippen molar-refractivity contribution in [2.24, 2.45) is 0 Å². The first-order chi connectivity index (χ1) is 20.2. The van der Waals surface area contributed by atoms with Gasteiger partial charge in [-0.05, 0) is 77.4 Å². The molecule has 0 aliphatic rings. The average Bonchev–Trinajstić information content (AvgIpc) is 3.04. The van der Waals surface area contributed by atoms with Gasteiger partial charge in [0.05, 0.1) is 46.2 Å². The average molecular weight is 579 g/mol. The van der Waals surface area contributed by atoms with E-state index in [-0.39, 0.29) is 23.3 Å². The zero-order valence-corrected chi connectivity index (χ0v) is 23.3. The summed E-state index contributed by atoms with van der Waals surface area (Å²) >= 11 is 0. The minimum absolute atomic E-state index is 0.199. The van der Waals surface area contributed by atoms with E-state index in [0.717, 1.165) is 0 Å². The van der Waals surface area contributed by atoms with E-state index in [2.05, 4.69) is 9.47 Å². The number of esters is 2. The van der Waals surface area contributed by atoms with Crippen LogP contribution in [0.3, 0.4) is 0 Å². The number of hydrogen-bond acceptors (Lipinski definition) is 8. The van der Waals surface area contributed by atoms with Gasteiger partial charge in [0.15, 0.2) is 6.29 Å². The predicted molar refractivity (Wildman–Crippen MR) is 151 cm³/mol. The van der Waals surface area contributed by atoms with Crippen molar-refractivity contribution in [2.45, 2.75) is 6.61 Å². The summed E-state index contributed by atoms with van der Waals surface area (Å²) in [4.78, 5) is 34.2. The summed E-state index contributed by atoms with van der Waals surface area (Å²) in [6.45, 7) is -0.323. The minimum Gasteiger partial charge on any atom is -0.497 e. The highest BCUT2D eigenvalue weighted by Gasteiger charge is 2.16. The molecule has 0 unspecified atom stereocenters. The Kier molecular flexibility index (Phi) is 10.9. The van der Waals surface area contributed by atoms with Crippen LogP contribution in [-0.4, -0.2) is 51.8 Å². The van der Waals surface area contributed by atoms with Crippen LogP contribution in [0.4, 0.5) is 8.78 Å². The summed E-state index contributed by atoms with van der Waals surface area (Å²) in [5, 5.41) is 9.47. The van der Waals surface area contributed by atoms with Gasteiger partial charge in [-0.3, -0.25) is 4.79 Å². The number of carbonyl (C=O) groups is 3. The summed E-state index contributed by atoms with van der Waals surface area (Å²) in [6, 6.07) is 17.5. The van der Waals surface area contributed by atoms with E-state index in [9.17, 15) is 28.3 Å². The molecule has 218 valence electrons. The Morgan fingerprint density at radius 1 is 0.667 bits per heavy atom. The van der Waals surface area contributed by atoms with Crippen molar-refractivity contribution in [3.05, 3.63) is 107 Å². The van der Waals surface area contributed by atoms with E-state index in [1.807, 2.05) is 0 Å². The van der Waals surface area contributed by atoms with Gasteiger partial charge in [0.1, 0.15) is 23.1 Å². The lowest BCUT2D eigenvalue weighted by atomic mass is 9.97. The van der Waals surface area contributed by atoms with Gasteiger partial charge in [-0.1, -0.05) is 12.1 Å². The molecule has 0 aliphatic carbocycles. The summed E-state index contributed by atoms with van der Waals surface area (Å²) in [5.41, 5.74) is 2.58. The van der Waals surface area contributed by atoms with Gasteiger partial charge in [-0.15, -0.1) is 0 Å². The summed E-state index contributed by atoms with van der Waals surface area (Å²) in [6.07, 6.45) is 0.570. The highest BCUT2D eigenvalue weighted by Crippen LogP contribution is 2.31. The van der Waals surface area contributed by atoms with Crippen LogP contribution in [0, 0.1) is 11.6 Å². The Bertz CT molecular complexity index is 1600. The molecular formula is C32H28F2O8. The smallest absolute Gasteiger partial charge is 0.337 e. The fourth-order valence-electron chi connectivity index (χ4n) is 4.06. The number of carbonyl (C=O) groups excluding carboxylic acids is 3. The number of aldehydes is 1. The van der Waals surface area contributed by atoms with Crippen LogP contribution in [-0.2, 0) is 16.1 Å². The fourth-order valence-corrected chi connectivity index (χ4v) is 4.06. The van der Waals surface area contributed by atoms with Crippen LogP contribution < -0.4 is 9.47 Å². The van der Waals surface area contributed by atoms with Crippen LogP contribution in [0.5, 0.6) is 11.5 Å². The number of rotatable bonds is 8. The zero-order chi connectivity index (χ0) is 30.8. The van der Waals surface area contributed by atoms with E-state index >= 15 is 0 Å². The van der Waals surface area contributed by atoms with Gasteiger partial charge in [0.25, 0.3) is 0 Å². The van der Waals surface area contributed by atoms with E-state index in [1.54, 1.807) is 12.1 Å². The fraction of sp³-hybridized carbons (Fsp3) is 0.156. The second kappa shape index (κ2) is 14.5. The molecule has 1 N–H and O–H groups in total. The summed E-state index contributed by atoms with van der Waals surface area (Å²) < 4.78 is 47.3. The van der Waals surface area contributed by atoms with Crippen molar-refractivity contribution in [3.63, 3.8) is 0 Å².